The molecule has 2 rings (SSSR count). The van der Waals surface area contributed by atoms with Crippen molar-refractivity contribution in [3.8, 4) is 6.07 Å². The topological polar surface area (TPSA) is 96.1 Å². The third-order valence-corrected chi connectivity index (χ3v) is 4.61. The van der Waals surface area contributed by atoms with Crippen LogP contribution in [0.15, 0.2) is 0 Å². The number of nitrogen functional groups attached to an aromatic ring is 1. The summed E-state index contributed by atoms with van der Waals surface area (Å²) in [7, 11) is 0. The summed E-state index contributed by atoms with van der Waals surface area (Å²) in [4.78, 5) is 13.7. The number of thiophene rings is 1. The van der Waals surface area contributed by atoms with Gasteiger partial charge in [-0.2, -0.15) is 5.26 Å². The van der Waals surface area contributed by atoms with Crippen LogP contribution in [0.4, 0.5) is 10.7 Å². The number of nitrogens with zero attached hydrogens (tertiary/aromatic N) is 2. The highest BCUT2D eigenvalue weighted by Crippen LogP contribution is 2.39. The smallest absolute Gasteiger partial charge is 0.261 e. The van der Waals surface area contributed by atoms with Gasteiger partial charge in [-0.05, 0) is 18.8 Å². The molecule has 6 heteroatoms. The minimum absolute atomic E-state index is 0.226. The highest BCUT2D eigenvalue weighted by Gasteiger charge is 2.25. The Balaban J connectivity index is 2.36. The molecule has 1 fully saturated rings. The number of amides is 1. The largest absolute Gasteiger partial charge is 0.396 e. The molecule has 1 aromatic heterocycles. The summed E-state index contributed by atoms with van der Waals surface area (Å²) in [6.07, 6.45) is 2.18. The van der Waals surface area contributed by atoms with Gasteiger partial charge in [0.2, 0.25) is 0 Å². The average molecular weight is 264 g/mol. The zero-order valence-electron chi connectivity index (χ0n) is 10.3. The van der Waals surface area contributed by atoms with Gasteiger partial charge in [0, 0.05) is 13.1 Å². The number of nitrogens with two attached hydrogens (primary N) is 2. The predicted molar refractivity (Wildman–Crippen MR) is 72.6 cm³/mol. The van der Waals surface area contributed by atoms with Crippen molar-refractivity contribution in [1.82, 2.24) is 0 Å². The highest BCUT2D eigenvalue weighted by molar-refractivity contribution is 7.19. The third kappa shape index (κ3) is 2.14. The van der Waals surface area contributed by atoms with E-state index in [9.17, 15) is 10.1 Å². The molecule has 1 saturated heterocycles. The first-order valence-electron chi connectivity index (χ1n) is 5.91. The number of carbonyl (C=O) groups excluding carboxylic acids is 1. The van der Waals surface area contributed by atoms with Crippen molar-refractivity contribution in [3.05, 3.63) is 10.4 Å². The molecule has 1 aromatic rings. The molecule has 0 spiro atoms. The molecule has 0 bridgehead atoms. The van der Waals surface area contributed by atoms with E-state index in [2.05, 4.69) is 17.9 Å². The van der Waals surface area contributed by atoms with Gasteiger partial charge in [0.25, 0.3) is 5.91 Å². The standard InChI is InChI=1S/C12H16N4OS/c1-7-2-4-16(5-3-7)12-8(6-13)9(14)10(18-12)11(15)17/h7H,2-5,14H2,1H3,(H2,15,17). The first-order chi connectivity index (χ1) is 8.54. The Kier molecular flexibility index (Phi) is 3.43. The molecular formula is C12H16N4OS. The van der Waals surface area contributed by atoms with Crippen molar-refractivity contribution >= 4 is 27.9 Å². The lowest BCUT2D eigenvalue weighted by Gasteiger charge is -2.31. The first kappa shape index (κ1) is 12.7. The van der Waals surface area contributed by atoms with E-state index >= 15 is 0 Å². The lowest BCUT2D eigenvalue weighted by molar-refractivity contribution is 0.100. The maximum atomic E-state index is 11.3. The molecule has 1 aliphatic heterocycles. The van der Waals surface area contributed by atoms with Gasteiger partial charge < -0.3 is 16.4 Å². The molecule has 0 saturated carbocycles. The van der Waals surface area contributed by atoms with Crippen LogP contribution in [-0.2, 0) is 0 Å². The van der Waals surface area contributed by atoms with Crippen molar-refractivity contribution < 1.29 is 4.79 Å². The minimum Gasteiger partial charge on any atom is -0.396 e. The number of hydrogen-bond acceptors (Lipinski definition) is 5. The van der Waals surface area contributed by atoms with Gasteiger partial charge in [-0.25, -0.2) is 0 Å². The number of anilines is 2. The number of carbonyl (C=O) groups is 1. The highest BCUT2D eigenvalue weighted by atomic mass is 32.1. The van der Waals surface area contributed by atoms with E-state index in [4.69, 9.17) is 11.5 Å². The number of hydrogen-bond donors (Lipinski definition) is 2. The van der Waals surface area contributed by atoms with Crippen molar-refractivity contribution in [1.29, 1.82) is 5.26 Å². The lowest BCUT2D eigenvalue weighted by Crippen LogP contribution is -2.32. The van der Waals surface area contributed by atoms with Crippen LogP contribution in [0, 0.1) is 17.2 Å². The maximum Gasteiger partial charge on any atom is 0.261 e. The van der Waals surface area contributed by atoms with Crippen LogP contribution in [0.3, 0.4) is 0 Å². The van der Waals surface area contributed by atoms with Crippen LogP contribution in [0.25, 0.3) is 0 Å². The van der Waals surface area contributed by atoms with Gasteiger partial charge in [0.1, 0.15) is 21.5 Å². The van der Waals surface area contributed by atoms with Crippen molar-refractivity contribution in [3.63, 3.8) is 0 Å². The predicted octanol–water partition coefficient (Wildman–Crippen LogP) is 1.54. The molecule has 0 radical (unpaired) electrons. The second-order valence-corrected chi connectivity index (χ2v) is 5.67. The van der Waals surface area contributed by atoms with E-state index in [0.717, 1.165) is 30.9 Å². The zero-order chi connectivity index (χ0) is 13.3. The van der Waals surface area contributed by atoms with Gasteiger partial charge in [0.05, 0.1) is 5.69 Å². The van der Waals surface area contributed by atoms with E-state index < -0.39 is 5.91 Å². The monoisotopic (exact) mass is 264 g/mol. The van der Waals surface area contributed by atoms with Gasteiger partial charge in [-0.15, -0.1) is 11.3 Å². The molecule has 96 valence electrons. The van der Waals surface area contributed by atoms with E-state index in [1.54, 1.807) is 0 Å². The Morgan fingerprint density at radius 2 is 2.11 bits per heavy atom. The van der Waals surface area contributed by atoms with Crippen LogP contribution >= 0.6 is 11.3 Å². The number of primary amides is 1. The Hall–Kier alpha value is -1.74. The van der Waals surface area contributed by atoms with E-state index in [1.807, 2.05) is 0 Å². The van der Waals surface area contributed by atoms with Crippen molar-refractivity contribution in [2.45, 2.75) is 19.8 Å². The Morgan fingerprint density at radius 3 is 2.61 bits per heavy atom. The third-order valence-electron chi connectivity index (χ3n) is 3.33. The van der Waals surface area contributed by atoms with E-state index in [1.165, 1.54) is 11.3 Å². The van der Waals surface area contributed by atoms with Gasteiger partial charge >= 0.3 is 0 Å². The molecule has 2 heterocycles. The van der Waals surface area contributed by atoms with Crippen LogP contribution in [-0.4, -0.2) is 19.0 Å². The average Bonchev–Trinajstić information content (AvgIpc) is 2.67. The molecule has 0 atom stereocenters. The normalized spacial score (nSPS) is 16.6. The molecule has 1 aliphatic rings. The fourth-order valence-corrected chi connectivity index (χ4v) is 3.23. The fourth-order valence-electron chi connectivity index (χ4n) is 2.16. The van der Waals surface area contributed by atoms with Gasteiger partial charge in [0.15, 0.2) is 0 Å². The summed E-state index contributed by atoms with van der Waals surface area (Å²) >= 11 is 1.23. The van der Waals surface area contributed by atoms with Crippen LogP contribution in [0.2, 0.25) is 0 Å². The molecule has 4 N–H and O–H groups in total. The molecular weight excluding hydrogens is 248 g/mol. The molecule has 5 nitrogen and oxygen atoms in total. The zero-order valence-corrected chi connectivity index (χ0v) is 11.1. The first-order valence-corrected chi connectivity index (χ1v) is 6.73. The van der Waals surface area contributed by atoms with Crippen LogP contribution in [0.1, 0.15) is 35.0 Å². The SMILES string of the molecule is CC1CCN(c2sc(C(N)=O)c(N)c2C#N)CC1. The number of nitriles is 1. The summed E-state index contributed by atoms with van der Waals surface area (Å²) in [5.41, 5.74) is 11.7. The van der Waals surface area contributed by atoms with E-state index in [0.29, 0.717) is 16.4 Å². The minimum atomic E-state index is -0.564. The summed E-state index contributed by atoms with van der Waals surface area (Å²) < 4.78 is 0. The molecule has 1 amide bonds. The number of rotatable bonds is 2. The fraction of sp³-hybridized carbons (Fsp3) is 0.500. The van der Waals surface area contributed by atoms with Gasteiger partial charge in [-0.3, -0.25) is 4.79 Å². The van der Waals surface area contributed by atoms with E-state index in [-0.39, 0.29) is 5.69 Å². The lowest BCUT2D eigenvalue weighted by atomic mass is 9.99. The second kappa shape index (κ2) is 4.86. The maximum absolute atomic E-state index is 11.3. The quantitative estimate of drug-likeness (QED) is 0.846. The molecule has 18 heavy (non-hydrogen) atoms. The van der Waals surface area contributed by atoms with Crippen LogP contribution < -0.4 is 16.4 Å². The van der Waals surface area contributed by atoms with Crippen molar-refractivity contribution in [2.24, 2.45) is 11.7 Å². The summed E-state index contributed by atoms with van der Waals surface area (Å²) in [6.45, 7) is 4.02. The van der Waals surface area contributed by atoms with Crippen LogP contribution in [0.5, 0.6) is 0 Å². The molecule has 0 unspecified atom stereocenters. The molecule has 0 aliphatic carbocycles. The Labute approximate surface area is 110 Å². The second-order valence-electron chi connectivity index (χ2n) is 4.67. The summed E-state index contributed by atoms with van der Waals surface area (Å²) in [5.74, 6) is 0.144. The Bertz CT molecular complexity index is 509. The van der Waals surface area contributed by atoms with Gasteiger partial charge in [-0.1, -0.05) is 6.92 Å². The summed E-state index contributed by atoms with van der Waals surface area (Å²) in [6, 6.07) is 2.08. The van der Waals surface area contributed by atoms with Crippen molar-refractivity contribution in [2.75, 3.05) is 23.7 Å². The summed E-state index contributed by atoms with van der Waals surface area (Å²) in [5, 5.41) is 9.96. The number of piperidine rings is 1. The Morgan fingerprint density at radius 1 is 1.50 bits per heavy atom. The molecule has 0 aromatic carbocycles.